The SMILES string of the molecule is O=C1C[CH]c2ccccc21. The van der Waals surface area contributed by atoms with E-state index in [1.807, 2.05) is 30.7 Å². The van der Waals surface area contributed by atoms with Crippen LogP contribution in [-0.4, -0.2) is 5.78 Å². The number of benzene rings is 1. The van der Waals surface area contributed by atoms with E-state index in [4.69, 9.17) is 0 Å². The largest absolute Gasteiger partial charge is 0.294 e. The predicted octanol–water partition coefficient (Wildman–Crippen LogP) is 1.83. The van der Waals surface area contributed by atoms with Crippen molar-refractivity contribution in [3.8, 4) is 0 Å². The van der Waals surface area contributed by atoms with Gasteiger partial charge in [0.15, 0.2) is 5.78 Å². The predicted molar refractivity (Wildman–Crippen MR) is 38.8 cm³/mol. The fourth-order valence-electron chi connectivity index (χ4n) is 1.24. The lowest BCUT2D eigenvalue weighted by Crippen LogP contribution is -1.88. The van der Waals surface area contributed by atoms with Gasteiger partial charge in [0.1, 0.15) is 0 Å². The zero-order valence-electron chi connectivity index (χ0n) is 5.50. The average molecular weight is 131 g/mol. The topological polar surface area (TPSA) is 17.1 Å². The summed E-state index contributed by atoms with van der Waals surface area (Å²) >= 11 is 0. The van der Waals surface area contributed by atoms with Gasteiger partial charge in [-0.1, -0.05) is 24.3 Å². The van der Waals surface area contributed by atoms with Gasteiger partial charge in [-0.3, -0.25) is 4.79 Å². The number of fused-ring (bicyclic) bond motifs is 1. The van der Waals surface area contributed by atoms with Crippen LogP contribution in [0, 0.1) is 6.42 Å². The zero-order valence-corrected chi connectivity index (χ0v) is 5.50. The summed E-state index contributed by atoms with van der Waals surface area (Å²) in [4.78, 5) is 11.0. The first-order valence-electron chi connectivity index (χ1n) is 3.33. The molecule has 0 unspecified atom stereocenters. The van der Waals surface area contributed by atoms with Gasteiger partial charge in [0.2, 0.25) is 0 Å². The molecule has 0 atom stereocenters. The van der Waals surface area contributed by atoms with Crippen LogP contribution < -0.4 is 0 Å². The summed E-state index contributed by atoms with van der Waals surface area (Å²) in [5.41, 5.74) is 1.97. The number of hydrogen-bond acceptors (Lipinski definition) is 1. The normalized spacial score (nSPS) is 15.4. The lowest BCUT2D eigenvalue weighted by atomic mass is 10.1. The number of Topliss-reactive ketones (excluding diaryl/α,β-unsaturated/α-hetero) is 1. The van der Waals surface area contributed by atoms with Gasteiger partial charge in [0, 0.05) is 12.0 Å². The molecule has 1 aromatic carbocycles. The summed E-state index contributed by atoms with van der Waals surface area (Å²) in [5.74, 6) is 0.246. The molecule has 0 saturated carbocycles. The Hall–Kier alpha value is -1.11. The Morgan fingerprint density at radius 1 is 1.20 bits per heavy atom. The maximum absolute atomic E-state index is 11.0. The molecular formula is C9H7O. The number of hydrogen-bond donors (Lipinski definition) is 0. The highest BCUT2D eigenvalue weighted by molar-refractivity contribution is 6.02. The van der Waals surface area contributed by atoms with Gasteiger partial charge in [0.25, 0.3) is 0 Å². The monoisotopic (exact) mass is 131 g/mol. The summed E-state index contributed by atoms with van der Waals surface area (Å²) in [6.07, 6.45) is 2.55. The lowest BCUT2D eigenvalue weighted by molar-refractivity contribution is 0.100. The number of carbonyl (C=O) groups excluding carboxylic acids is 1. The Bertz CT molecular complexity index is 276. The van der Waals surface area contributed by atoms with Gasteiger partial charge in [0.05, 0.1) is 0 Å². The van der Waals surface area contributed by atoms with Gasteiger partial charge in [-0.15, -0.1) is 0 Å². The summed E-state index contributed by atoms with van der Waals surface area (Å²) in [5, 5.41) is 0. The molecular weight excluding hydrogens is 124 g/mol. The molecule has 10 heavy (non-hydrogen) atoms. The second-order valence-corrected chi connectivity index (χ2v) is 2.42. The number of carbonyl (C=O) groups is 1. The summed E-state index contributed by atoms with van der Waals surface area (Å²) in [6.45, 7) is 0. The summed E-state index contributed by atoms with van der Waals surface area (Å²) in [6, 6.07) is 7.70. The molecule has 0 aromatic heterocycles. The molecule has 1 aliphatic carbocycles. The Morgan fingerprint density at radius 3 is 2.80 bits per heavy atom. The third-order valence-electron chi connectivity index (χ3n) is 1.77. The van der Waals surface area contributed by atoms with Crippen molar-refractivity contribution in [2.45, 2.75) is 6.42 Å². The first kappa shape index (κ1) is 5.66. The number of rotatable bonds is 0. The van der Waals surface area contributed by atoms with E-state index in [0.29, 0.717) is 6.42 Å². The molecule has 1 nitrogen and oxygen atoms in total. The van der Waals surface area contributed by atoms with Gasteiger partial charge in [-0.05, 0) is 12.0 Å². The van der Waals surface area contributed by atoms with E-state index in [2.05, 4.69) is 0 Å². The van der Waals surface area contributed by atoms with Gasteiger partial charge < -0.3 is 0 Å². The quantitative estimate of drug-likeness (QED) is 0.525. The summed E-state index contributed by atoms with van der Waals surface area (Å²) in [7, 11) is 0. The fraction of sp³-hybridized carbons (Fsp3) is 0.111. The maximum atomic E-state index is 11.0. The van der Waals surface area contributed by atoms with Crippen molar-refractivity contribution in [1.82, 2.24) is 0 Å². The molecule has 1 heteroatoms. The van der Waals surface area contributed by atoms with E-state index in [1.54, 1.807) is 0 Å². The molecule has 0 heterocycles. The standard InChI is InChI=1S/C9H7O/c10-9-6-5-7-3-1-2-4-8(7)9/h1-5H,6H2. The van der Waals surface area contributed by atoms with Crippen molar-refractivity contribution in [3.05, 3.63) is 41.8 Å². The van der Waals surface area contributed by atoms with E-state index in [1.165, 1.54) is 0 Å². The van der Waals surface area contributed by atoms with Crippen molar-refractivity contribution in [3.63, 3.8) is 0 Å². The van der Waals surface area contributed by atoms with Gasteiger partial charge >= 0.3 is 0 Å². The van der Waals surface area contributed by atoms with Crippen LogP contribution in [-0.2, 0) is 0 Å². The molecule has 0 amide bonds. The van der Waals surface area contributed by atoms with E-state index in [9.17, 15) is 4.79 Å². The first-order chi connectivity index (χ1) is 4.88. The van der Waals surface area contributed by atoms with Crippen LogP contribution in [0.3, 0.4) is 0 Å². The third kappa shape index (κ3) is 0.670. The molecule has 1 radical (unpaired) electrons. The minimum atomic E-state index is 0.246. The van der Waals surface area contributed by atoms with E-state index < -0.39 is 0 Å². The third-order valence-corrected chi connectivity index (χ3v) is 1.77. The van der Waals surface area contributed by atoms with E-state index >= 15 is 0 Å². The molecule has 0 aliphatic heterocycles. The second kappa shape index (κ2) is 1.94. The van der Waals surface area contributed by atoms with E-state index in [-0.39, 0.29) is 5.78 Å². The molecule has 0 saturated heterocycles. The van der Waals surface area contributed by atoms with Crippen molar-refractivity contribution in [1.29, 1.82) is 0 Å². The maximum Gasteiger partial charge on any atom is 0.163 e. The minimum Gasteiger partial charge on any atom is -0.294 e. The Kier molecular flexibility index (Phi) is 1.10. The highest BCUT2D eigenvalue weighted by Crippen LogP contribution is 2.22. The van der Waals surface area contributed by atoms with Crippen LogP contribution >= 0.6 is 0 Å². The highest BCUT2D eigenvalue weighted by atomic mass is 16.1. The molecule has 49 valence electrons. The highest BCUT2D eigenvalue weighted by Gasteiger charge is 2.17. The van der Waals surface area contributed by atoms with Crippen LogP contribution in [0.25, 0.3) is 0 Å². The number of ketones is 1. The van der Waals surface area contributed by atoms with Gasteiger partial charge in [-0.25, -0.2) is 0 Å². The Morgan fingerprint density at radius 2 is 2.00 bits per heavy atom. The average Bonchev–Trinajstić information content (AvgIpc) is 2.34. The Balaban J connectivity index is 2.61. The lowest BCUT2D eigenvalue weighted by Gasteiger charge is -1.91. The Labute approximate surface area is 59.7 Å². The van der Waals surface area contributed by atoms with Crippen LogP contribution in [0.15, 0.2) is 24.3 Å². The van der Waals surface area contributed by atoms with Crippen molar-refractivity contribution in [2.75, 3.05) is 0 Å². The van der Waals surface area contributed by atoms with Crippen molar-refractivity contribution >= 4 is 5.78 Å². The van der Waals surface area contributed by atoms with Crippen molar-refractivity contribution in [2.24, 2.45) is 0 Å². The summed E-state index contributed by atoms with van der Waals surface area (Å²) < 4.78 is 0. The molecule has 2 rings (SSSR count). The zero-order chi connectivity index (χ0) is 6.97. The minimum absolute atomic E-state index is 0.246. The van der Waals surface area contributed by atoms with Crippen LogP contribution in [0.1, 0.15) is 22.3 Å². The second-order valence-electron chi connectivity index (χ2n) is 2.42. The molecule has 0 fully saturated rings. The van der Waals surface area contributed by atoms with Crippen LogP contribution in [0.5, 0.6) is 0 Å². The molecule has 0 bridgehead atoms. The molecule has 1 aromatic rings. The van der Waals surface area contributed by atoms with Crippen LogP contribution in [0.4, 0.5) is 0 Å². The molecule has 0 N–H and O–H groups in total. The molecule has 0 spiro atoms. The van der Waals surface area contributed by atoms with E-state index in [0.717, 1.165) is 11.1 Å². The first-order valence-corrected chi connectivity index (χ1v) is 3.33. The fourth-order valence-corrected chi connectivity index (χ4v) is 1.24. The molecule has 1 aliphatic rings. The van der Waals surface area contributed by atoms with Crippen molar-refractivity contribution < 1.29 is 4.79 Å². The van der Waals surface area contributed by atoms with Gasteiger partial charge in [-0.2, -0.15) is 0 Å². The van der Waals surface area contributed by atoms with Crippen LogP contribution in [0.2, 0.25) is 0 Å². The smallest absolute Gasteiger partial charge is 0.163 e.